The average Bonchev–Trinajstić information content (AvgIpc) is 3.17. The summed E-state index contributed by atoms with van der Waals surface area (Å²) in [7, 11) is 0. The molecule has 1 N–H and O–H groups in total. The first-order valence-corrected chi connectivity index (χ1v) is 8.49. The minimum absolute atomic E-state index is 0.00837. The zero-order valence-corrected chi connectivity index (χ0v) is 12.7. The Balaban J connectivity index is 1.31. The van der Waals surface area contributed by atoms with Gasteiger partial charge in [0.15, 0.2) is 0 Å². The average molecular weight is 310 g/mol. The van der Waals surface area contributed by atoms with Crippen LogP contribution < -0.4 is 5.32 Å². The van der Waals surface area contributed by atoms with Crippen LogP contribution in [0.15, 0.2) is 0 Å². The second kappa shape index (κ2) is 5.48. The van der Waals surface area contributed by atoms with Crippen molar-refractivity contribution in [3.8, 4) is 0 Å². The molecule has 0 unspecified atom stereocenters. The van der Waals surface area contributed by atoms with Crippen LogP contribution in [0.5, 0.6) is 0 Å². The number of halogens is 1. The van der Waals surface area contributed by atoms with E-state index in [4.69, 9.17) is 4.74 Å². The van der Waals surface area contributed by atoms with E-state index in [1.54, 1.807) is 0 Å². The van der Waals surface area contributed by atoms with Gasteiger partial charge in [-0.1, -0.05) is 0 Å². The number of amides is 2. The second-order valence-electron chi connectivity index (χ2n) is 7.28. The molecule has 122 valence electrons. The van der Waals surface area contributed by atoms with E-state index < -0.39 is 6.17 Å². The molecule has 2 saturated carbocycles. The van der Waals surface area contributed by atoms with Crippen molar-refractivity contribution in [2.45, 2.75) is 62.9 Å². The van der Waals surface area contributed by atoms with Crippen molar-refractivity contribution >= 4 is 11.8 Å². The summed E-state index contributed by atoms with van der Waals surface area (Å²) in [5.41, 5.74) is 0. The van der Waals surface area contributed by atoms with Crippen molar-refractivity contribution in [2.24, 2.45) is 11.8 Å². The molecule has 2 aliphatic carbocycles. The molecule has 2 heterocycles. The Morgan fingerprint density at radius 1 is 1.14 bits per heavy atom. The topological polar surface area (TPSA) is 58.6 Å². The third-order valence-corrected chi connectivity index (χ3v) is 5.51. The first kappa shape index (κ1) is 14.4. The molecule has 0 aromatic rings. The van der Waals surface area contributed by atoms with Gasteiger partial charge in [-0.3, -0.25) is 9.59 Å². The van der Waals surface area contributed by atoms with Crippen molar-refractivity contribution < 1.29 is 18.7 Å². The summed E-state index contributed by atoms with van der Waals surface area (Å²) in [6.07, 6.45) is 3.35. The molecule has 2 amide bonds. The van der Waals surface area contributed by atoms with E-state index in [-0.39, 0.29) is 29.9 Å². The molecule has 0 aromatic carbocycles. The van der Waals surface area contributed by atoms with Crippen LogP contribution >= 0.6 is 0 Å². The lowest BCUT2D eigenvalue weighted by molar-refractivity contribution is -0.145. The van der Waals surface area contributed by atoms with Gasteiger partial charge in [-0.05, 0) is 44.4 Å². The number of carbonyl (C=O) groups is 2. The predicted octanol–water partition coefficient (Wildman–Crippen LogP) is 1.02. The highest BCUT2D eigenvalue weighted by Crippen LogP contribution is 2.37. The van der Waals surface area contributed by atoms with E-state index >= 15 is 0 Å². The van der Waals surface area contributed by atoms with Gasteiger partial charge in [0.2, 0.25) is 11.8 Å². The molecule has 4 rings (SSSR count). The Morgan fingerprint density at radius 3 is 2.59 bits per heavy atom. The lowest BCUT2D eigenvalue weighted by atomic mass is 9.81. The Morgan fingerprint density at radius 2 is 1.91 bits per heavy atom. The molecule has 0 bridgehead atoms. The van der Waals surface area contributed by atoms with E-state index in [1.165, 1.54) is 0 Å². The van der Waals surface area contributed by atoms with Crippen LogP contribution in [0, 0.1) is 11.8 Å². The van der Waals surface area contributed by atoms with Crippen LogP contribution in [0.4, 0.5) is 4.39 Å². The van der Waals surface area contributed by atoms with Gasteiger partial charge >= 0.3 is 0 Å². The maximum Gasteiger partial charge on any atom is 0.249 e. The van der Waals surface area contributed by atoms with E-state index in [1.807, 2.05) is 4.90 Å². The highest BCUT2D eigenvalue weighted by atomic mass is 19.1. The number of likely N-dealkylation sites (tertiary alicyclic amines) is 1. The Kier molecular flexibility index (Phi) is 3.59. The van der Waals surface area contributed by atoms with E-state index in [9.17, 15) is 14.0 Å². The summed E-state index contributed by atoms with van der Waals surface area (Å²) in [5.74, 6) is 0.312. The number of fused-ring (bicyclic) bond motifs is 1. The Labute approximate surface area is 129 Å². The SMILES string of the molecule is O=C(NC1CC1)[C@@H]1C[C@@H]2CCN(C(=O)C3CC(F)C3)C[C@@H]2O1. The Hall–Kier alpha value is -1.17. The maximum absolute atomic E-state index is 12.9. The normalized spacial score (nSPS) is 40.8. The largest absolute Gasteiger partial charge is 0.363 e. The van der Waals surface area contributed by atoms with Gasteiger partial charge in [0.05, 0.1) is 6.10 Å². The van der Waals surface area contributed by atoms with Crippen LogP contribution in [0.1, 0.15) is 38.5 Å². The summed E-state index contributed by atoms with van der Waals surface area (Å²) in [6, 6.07) is 0.351. The third-order valence-electron chi connectivity index (χ3n) is 5.51. The molecule has 3 atom stereocenters. The number of carbonyl (C=O) groups excluding carboxylic acids is 2. The van der Waals surface area contributed by atoms with Crippen LogP contribution in [-0.2, 0) is 14.3 Å². The Bertz CT molecular complexity index is 476. The highest BCUT2D eigenvalue weighted by molar-refractivity contribution is 5.82. The number of hydrogen-bond donors (Lipinski definition) is 1. The third kappa shape index (κ3) is 2.73. The first-order chi connectivity index (χ1) is 10.6. The van der Waals surface area contributed by atoms with Gasteiger partial charge in [-0.25, -0.2) is 4.39 Å². The molecule has 2 aliphatic heterocycles. The fraction of sp³-hybridized carbons (Fsp3) is 0.875. The molecule has 0 aromatic heterocycles. The van der Waals surface area contributed by atoms with Crippen molar-refractivity contribution in [3.63, 3.8) is 0 Å². The quantitative estimate of drug-likeness (QED) is 0.847. The number of nitrogens with one attached hydrogen (secondary N) is 1. The van der Waals surface area contributed by atoms with Crippen LogP contribution in [0.25, 0.3) is 0 Å². The number of hydrogen-bond acceptors (Lipinski definition) is 3. The molecular weight excluding hydrogens is 287 g/mol. The standard InChI is InChI=1S/C16H23FN2O3/c17-11-5-10(6-11)16(21)19-4-3-9-7-13(22-14(9)8-19)15(20)18-12-1-2-12/h9-14H,1-8H2,(H,18,20)/t9-,10?,11?,13-,14-/m0/s1. The fourth-order valence-corrected chi connectivity index (χ4v) is 3.83. The van der Waals surface area contributed by atoms with Crippen LogP contribution in [-0.4, -0.2) is 54.2 Å². The van der Waals surface area contributed by atoms with Gasteiger partial charge in [-0.15, -0.1) is 0 Å². The lowest BCUT2D eigenvalue weighted by Crippen LogP contribution is -2.50. The van der Waals surface area contributed by atoms with Gasteiger partial charge < -0.3 is 15.0 Å². The number of alkyl halides is 1. The summed E-state index contributed by atoms with van der Waals surface area (Å²) in [4.78, 5) is 26.2. The smallest absolute Gasteiger partial charge is 0.249 e. The molecule has 5 nitrogen and oxygen atoms in total. The maximum atomic E-state index is 12.9. The van der Waals surface area contributed by atoms with Crippen molar-refractivity contribution in [1.29, 1.82) is 0 Å². The molecule has 22 heavy (non-hydrogen) atoms. The molecule has 6 heteroatoms. The van der Waals surface area contributed by atoms with Crippen molar-refractivity contribution in [3.05, 3.63) is 0 Å². The summed E-state index contributed by atoms with van der Waals surface area (Å²) in [5, 5.41) is 2.99. The minimum Gasteiger partial charge on any atom is -0.363 e. The van der Waals surface area contributed by atoms with E-state index in [0.29, 0.717) is 37.9 Å². The lowest BCUT2D eigenvalue weighted by Gasteiger charge is -2.39. The molecular formula is C16H23FN2O3. The van der Waals surface area contributed by atoms with E-state index in [0.717, 1.165) is 25.7 Å². The second-order valence-corrected chi connectivity index (χ2v) is 7.28. The predicted molar refractivity (Wildman–Crippen MR) is 76.7 cm³/mol. The van der Waals surface area contributed by atoms with Gasteiger partial charge in [0, 0.05) is 25.0 Å². The number of piperidine rings is 1. The number of nitrogens with zero attached hydrogens (tertiary/aromatic N) is 1. The summed E-state index contributed by atoms with van der Waals surface area (Å²) >= 11 is 0. The van der Waals surface area contributed by atoms with Crippen molar-refractivity contribution in [1.82, 2.24) is 10.2 Å². The summed E-state index contributed by atoms with van der Waals surface area (Å²) < 4.78 is 18.8. The van der Waals surface area contributed by atoms with Gasteiger partial charge in [-0.2, -0.15) is 0 Å². The van der Waals surface area contributed by atoms with E-state index in [2.05, 4.69) is 5.32 Å². The zero-order valence-electron chi connectivity index (χ0n) is 12.7. The monoisotopic (exact) mass is 310 g/mol. The minimum atomic E-state index is -0.801. The van der Waals surface area contributed by atoms with Gasteiger partial charge in [0.25, 0.3) is 0 Å². The molecule has 0 radical (unpaired) electrons. The van der Waals surface area contributed by atoms with Gasteiger partial charge in [0.1, 0.15) is 12.3 Å². The van der Waals surface area contributed by atoms with Crippen molar-refractivity contribution in [2.75, 3.05) is 13.1 Å². The highest BCUT2D eigenvalue weighted by Gasteiger charge is 2.45. The zero-order chi connectivity index (χ0) is 15.3. The molecule has 4 fully saturated rings. The van der Waals surface area contributed by atoms with Crippen LogP contribution in [0.3, 0.4) is 0 Å². The fourth-order valence-electron chi connectivity index (χ4n) is 3.83. The summed E-state index contributed by atoms with van der Waals surface area (Å²) in [6.45, 7) is 1.28. The first-order valence-electron chi connectivity index (χ1n) is 8.49. The number of ether oxygens (including phenoxy) is 1. The van der Waals surface area contributed by atoms with Crippen LogP contribution in [0.2, 0.25) is 0 Å². The molecule has 4 aliphatic rings. The number of rotatable bonds is 3. The molecule has 2 saturated heterocycles. The molecule has 0 spiro atoms.